The zero-order valence-electron chi connectivity index (χ0n) is 10.3. The smallest absolute Gasteiger partial charge is 0.326 e. The van der Waals surface area contributed by atoms with Crippen LogP contribution in [0.5, 0.6) is 0 Å². The van der Waals surface area contributed by atoms with Crippen LogP contribution < -0.4 is 16.4 Å². The lowest BCUT2D eigenvalue weighted by molar-refractivity contribution is -0.140. The van der Waals surface area contributed by atoms with Crippen LogP contribution in [0.1, 0.15) is 6.42 Å². The Balaban J connectivity index is 2.82. The fourth-order valence-electron chi connectivity index (χ4n) is 1.37. The summed E-state index contributed by atoms with van der Waals surface area (Å²) in [5.74, 6) is -2.92. The second-order valence-electron chi connectivity index (χ2n) is 3.90. The highest BCUT2D eigenvalue weighted by Crippen LogP contribution is 2.31. The van der Waals surface area contributed by atoms with E-state index in [1.807, 2.05) is 5.32 Å². The predicted octanol–water partition coefficient (Wildman–Crippen LogP) is 1.69. The van der Waals surface area contributed by atoms with Crippen molar-refractivity contribution in [1.29, 1.82) is 0 Å². The highest BCUT2D eigenvalue weighted by Gasteiger charge is 2.22. The monoisotopic (exact) mass is 381 g/mol. The molecule has 1 aromatic rings. The van der Waals surface area contributed by atoms with E-state index >= 15 is 0 Å². The molecule has 0 fully saturated rings. The third-order valence-corrected chi connectivity index (χ3v) is 3.18. The summed E-state index contributed by atoms with van der Waals surface area (Å²) in [5, 5.41) is 13.1. The number of carbonyl (C=O) groups is 3. The minimum atomic E-state index is -1.49. The molecular formula is C11H10BrClFN3O4. The highest BCUT2D eigenvalue weighted by atomic mass is 79.9. The topological polar surface area (TPSA) is 122 Å². The van der Waals surface area contributed by atoms with Crippen LogP contribution in [0.3, 0.4) is 0 Å². The molecule has 0 heterocycles. The Morgan fingerprint density at radius 3 is 2.52 bits per heavy atom. The van der Waals surface area contributed by atoms with Crippen LogP contribution in [-0.2, 0) is 9.59 Å². The van der Waals surface area contributed by atoms with Crippen LogP contribution >= 0.6 is 27.5 Å². The molecule has 0 saturated heterocycles. The van der Waals surface area contributed by atoms with Gasteiger partial charge >= 0.3 is 12.0 Å². The van der Waals surface area contributed by atoms with Gasteiger partial charge < -0.3 is 21.5 Å². The number of hydrogen-bond donors (Lipinski definition) is 4. The Kier molecular flexibility index (Phi) is 5.91. The second kappa shape index (κ2) is 7.23. The SMILES string of the molecule is NC(=O)C[C@H](NC(=O)Nc1c(Cl)cc(F)cc1Br)C(=O)O. The number of primary amides is 1. The summed E-state index contributed by atoms with van der Waals surface area (Å²) in [6, 6.07) is -0.377. The fourth-order valence-corrected chi connectivity index (χ4v) is 2.27. The zero-order chi connectivity index (χ0) is 16.2. The van der Waals surface area contributed by atoms with E-state index in [1.54, 1.807) is 0 Å². The van der Waals surface area contributed by atoms with Gasteiger partial charge in [-0.1, -0.05) is 11.6 Å². The Bertz CT molecular complexity index is 576. The Hall–Kier alpha value is -1.87. The number of carboxylic acids is 1. The van der Waals surface area contributed by atoms with Gasteiger partial charge in [-0.3, -0.25) is 4.79 Å². The molecule has 0 aromatic heterocycles. The van der Waals surface area contributed by atoms with Crippen molar-refractivity contribution in [2.45, 2.75) is 12.5 Å². The van der Waals surface area contributed by atoms with Gasteiger partial charge in [0.25, 0.3) is 0 Å². The van der Waals surface area contributed by atoms with Gasteiger partial charge in [-0.25, -0.2) is 14.0 Å². The molecule has 1 atom stereocenters. The second-order valence-corrected chi connectivity index (χ2v) is 5.17. The van der Waals surface area contributed by atoms with Gasteiger partial charge in [0.05, 0.1) is 17.1 Å². The third-order valence-electron chi connectivity index (χ3n) is 2.25. The largest absolute Gasteiger partial charge is 0.480 e. The first kappa shape index (κ1) is 17.2. The first-order valence-electron chi connectivity index (χ1n) is 5.44. The number of urea groups is 1. The van der Waals surface area contributed by atoms with Gasteiger partial charge in [0, 0.05) is 4.47 Å². The van der Waals surface area contributed by atoms with Gasteiger partial charge in [-0.2, -0.15) is 0 Å². The summed E-state index contributed by atoms with van der Waals surface area (Å²) < 4.78 is 13.2. The molecule has 0 aliphatic carbocycles. The molecule has 1 rings (SSSR count). The molecule has 0 saturated carbocycles. The van der Waals surface area contributed by atoms with Crippen molar-refractivity contribution >= 4 is 51.1 Å². The number of anilines is 1. The van der Waals surface area contributed by atoms with Crippen molar-refractivity contribution in [3.63, 3.8) is 0 Å². The Morgan fingerprint density at radius 2 is 2.05 bits per heavy atom. The lowest BCUT2D eigenvalue weighted by atomic mass is 10.2. The van der Waals surface area contributed by atoms with Crippen LogP contribution in [0.15, 0.2) is 16.6 Å². The van der Waals surface area contributed by atoms with Gasteiger partial charge in [-0.15, -0.1) is 0 Å². The molecule has 0 aliphatic rings. The average Bonchev–Trinajstić information content (AvgIpc) is 2.32. The Labute approximate surface area is 131 Å². The van der Waals surface area contributed by atoms with Gasteiger partial charge in [0.1, 0.15) is 11.9 Å². The van der Waals surface area contributed by atoms with E-state index < -0.39 is 36.2 Å². The molecule has 0 bridgehead atoms. The van der Waals surface area contributed by atoms with E-state index in [-0.39, 0.29) is 15.2 Å². The summed E-state index contributed by atoms with van der Waals surface area (Å²) in [4.78, 5) is 33.3. The van der Waals surface area contributed by atoms with Crippen LogP contribution in [0.25, 0.3) is 0 Å². The van der Waals surface area contributed by atoms with Crippen molar-refractivity contribution < 1.29 is 23.9 Å². The number of amides is 3. The molecule has 0 aliphatic heterocycles. The molecule has 7 nitrogen and oxygen atoms in total. The lowest BCUT2D eigenvalue weighted by Crippen LogP contribution is -2.45. The molecular weight excluding hydrogens is 372 g/mol. The van der Waals surface area contributed by atoms with E-state index in [9.17, 15) is 18.8 Å². The molecule has 0 spiro atoms. The molecule has 114 valence electrons. The molecule has 0 unspecified atom stereocenters. The molecule has 0 radical (unpaired) electrons. The van der Waals surface area contributed by atoms with Crippen molar-refractivity contribution in [2.24, 2.45) is 5.73 Å². The summed E-state index contributed by atoms with van der Waals surface area (Å²) in [7, 11) is 0. The van der Waals surface area contributed by atoms with Gasteiger partial charge in [-0.05, 0) is 28.1 Å². The number of nitrogens with two attached hydrogens (primary N) is 1. The van der Waals surface area contributed by atoms with E-state index in [2.05, 4.69) is 21.2 Å². The number of benzene rings is 1. The van der Waals surface area contributed by atoms with Crippen molar-refractivity contribution in [2.75, 3.05) is 5.32 Å². The normalized spacial score (nSPS) is 11.6. The summed E-state index contributed by atoms with van der Waals surface area (Å²) >= 11 is 8.76. The minimum Gasteiger partial charge on any atom is -0.480 e. The van der Waals surface area contributed by atoms with E-state index in [1.165, 1.54) is 0 Å². The minimum absolute atomic E-state index is 0.0544. The van der Waals surface area contributed by atoms with Crippen LogP contribution in [0, 0.1) is 5.82 Å². The molecule has 3 amide bonds. The molecule has 21 heavy (non-hydrogen) atoms. The summed E-state index contributed by atoms with van der Waals surface area (Å²) in [5.41, 5.74) is 4.93. The number of halogens is 3. The number of carboxylic acid groups (broad SMARTS) is 1. The molecule has 1 aromatic carbocycles. The maximum absolute atomic E-state index is 13.0. The van der Waals surface area contributed by atoms with E-state index in [0.29, 0.717) is 0 Å². The number of hydrogen-bond acceptors (Lipinski definition) is 3. The predicted molar refractivity (Wildman–Crippen MR) is 76.5 cm³/mol. The quantitative estimate of drug-likeness (QED) is 0.619. The summed E-state index contributed by atoms with van der Waals surface area (Å²) in [6.07, 6.45) is -0.568. The van der Waals surface area contributed by atoms with Gasteiger partial charge in [0.2, 0.25) is 5.91 Å². The third kappa shape index (κ3) is 5.20. The van der Waals surface area contributed by atoms with Crippen molar-refractivity contribution in [3.05, 3.63) is 27.4 Å². The number of nitrogens with one attached hydrogen (secondary N) is 2. The highest BCUT2D eigenvalue weighted by molar-refractivity contribution is 9.10. The van der Waals surface area contributed by atoms with Crippen LogP contribution in [-0.4, -0.2) is 29.1 Å². The van der Waals surface area contributed by atoms with Crippen LogP contribution in [0.4, 0.5) is 14.9 Å². The standard InChI is InChI=1S/C11H10BrClFN3O4/c12-5-1-4(14)2-6(13)9(5)17-11(21)16-7(10(19)20)3-8(15)18/h1-2,7H,3H2,(H2,15,18)(H,19,20)(H2,16,17,21)/t7-/m0/s1. The maximum Gasteiger partial charge on any atom is 0.326 e. The number of carbonyl (C=O) groups excluding carboxylic acids is 2. The molecule has 10 heteroatoms. The first-order chi connectivity index (χ1) is 9.70. The maximum atomic E-state index is 13.0. The van der Waals surface area contributed by atoms with E-state index in [0.717, 1.165) is 12.1 Å². The first-order valence-corrected chi connectivity index (χ1v) is 6.61. The fraction of sp³-hybridized carbons (Fsp3) is 0.182. The lowest BCUT2D eigenvalue weighted by Gasteiger charge is -2.15. The molecule has 5 N–H and O–H groups in total. The number of rotatable bonds is 5. The van der Waals surface area contributed by atoms with Gasteiger partial charge in [0.15, 0.2) is 0 Å². The van der Waals surface area contributed by atoms with Crippen LogP contribution in [0.2, 0.25) is 5.02 Å². The average molecular weight is 383 g/mol. The summed E-state index contributed by atoms with van der Waals surface area (Å²) in [6.45, 7) is 0. The Morgan fingerprint density at radius 1 is 1.43 bits per heavy atom. The van der Waals surface area contributed by atoms with Crippen molar-refractivity contribution in [1.82, 2.24) is 5.32 Å². The zero-order valence-corrected chi connectivity index (χ0v) is 12.7. The van der Waals surface area contributed by atoms with Crippen molar-refractivity contribution in [3.8, 4) is 0 Å². The van der Waals surface area contributed by atoms with E-state index in [4.69, 9.17) is 22.4 Å². The number of aliphatic carboxylic acids is 1.